The summed E-state index contributed by atoms with van der Waals surface area (Å²) in [7, 11) is 0. The van der Waals surface area contributed by atoms with Gasteiger partial charge in [-0.15, -0.1) is 0 Å². The van der Waals surface area contributed by atoms with Crippen LogP contribution in [-0.2, 0) is 0 Å². The normalized spacial score (nSPS) is 31.8. The summed E-state index contributed by atoms with van der Waals surface area (Å²) in [6, 6.07) is 2.29. The quantitative estimate of drug-likeness (QED) is 0.780. The number of hydrogen-bond donors (Lipinski definition) is 1. The molecule has 1 heterocycles. The van der Waals surface area contributed by atoms with Crippen LogP contribution in [0.2, 0.25) is 0 Å². The van der Waals surface area contributed by atoms with Gasteiger partial charge in [0.15, 0.2) is 0 Å². The molecular formula is C16H32N2. The second kappa shape index (κ2) is 6.38. The third-order valence-electron chi connectivity index (χ3n) is 4.92. The third kappa shape index (κ3) is 3.48. The van der Waals surface area contributed by atoms with Gasteiger partial charge >= 0.3 is 0 Å². The molecule has 2 rings (SSSR count). The molecule has 2 heteroatoms. The zero-order valence-electron chi connectivity index (χ0n) is 12.8. The summed E-state index contributed by atoms with van der Waals surface area (Å²) in [5.74, 6) is 1.75. The van der Waals surface area contributed by atoms with Gasteiger partial charge in [0.05, 0.1) is 0 Å². The van der Waals surface area contributed by atoms with E-state index in [1.165, 1.54) is 45.2 Å². The van der Waals surface area contributed by atoms with Crippen LogP contribution in [0.3, 0.4) is 0 Å². The molecule has 0 bridgehead atoms. The lowest BCUT2D eigenvalue weighted by Gasteiger charge is -2.46. The lowest BCUT2D eigenvalue weighted by Crippen LogP contribution is -2.61. The second-order valence-electron chi connectivity index (χ2n) is 6.85. The third-order valence-corrected chi connectivity index (χ3v) is 4.92. The molecule has 0 aromatic rings. The fourth-order valence-corrected chi connectivity index (χ4v) is 3.42. The van der Waals surface area contributed by atoms with Gasteiger partial charge in [-0.1, -0.05) is 33.6 Å². The number of nitrogens with one attached hydrogen (secondary N) is 1. The lowest BCUT2D eigenvalue weighted by molar-refractivity contribution is 0.0532. The Morgan fingerprint density at radius 1 is 1.22 bits per heavy atom. The Hall–Kier alpha value is -0.0800. The van der Waals surface area contributed by atoms with Crippen LogP contribution in [0, 0.1) is 11.8 Å². The zero-order valence-corrected chi connectivity index (χ0v) is 12.8. The molecule has 2 fully saturated rings. The van der Waals surface area contributed by atoms with Crippen LogP contribution in [0.15, 0.2) is 0 Å². The molecule has 106 valence electrons. The van der Waals surface area contributed by atoms with Crippen molar-refractivity contribution in [1.29, 1.82) is 0 Å². The van der Waals surface area contributed by atoms with Crippen LogP contribution >= 0.6 is 0 Å². The van der Waals surface area contributed by atoms with Crippen molar-refractivity contribution in [2.24, 2.45) is 11.8 Å². The fraction of sp³-hybridized carbons (Fsp3) is 1.00. The molecule has 2 nitrogen and oxygen atoms in total. The van der Waals surface area contributed by atoms with Gasteiger partial charge in [-0.05, 0) is 38.0 Å². The molecule has 1 aliphatic heterocycles. The van der Waals surface area contributed by atoms with Crippen molar-refractivity contribution in [2.45, 2.75) is 77.9 Å². The predicted octanol–water partition coefficient (Wildman–Crippen LogP) is 3.27. The van der Waals surface area contributed by atoms with Crippen LogP contribution in [0.5, 0.6) is 0 Å². The summed E-state index contributed by atoms with van der Waals surface area (Å²) in [5.41, 5.74) is 0. The van der Waals surface area contributed by atoms with Gasteiger partial charge < -0.3 is 5.32 Å². The van der Waals surface area contributed by atoms with Crippen molar-refractivity contribution in [3.05, 3.63) is 0 Å². The molecule has 1 saturated carbocycles. The van der Waals surface area contributed by atoms with Crippen molar-refractivity contribution in [1.82, 2.24) is 10.2 Å². The van der Waals surface area contributed by atoms with Crippen molar-refractivity contribution in [3.63, 3.8) is 0 Å². The van der Waals surface area contributed by atoms with E-state index in [-0.39, 0.29) is 0 Å². The van der Waals surface area contributed by atoms with Crippen LogP contribution in [0.1, 0.15) is 59.8 Å². The average molecular weight is 252 g/mol. The first-order chi connectivity index (χ1) is 8.63. The first-order valence-electron chi connectivity index (χ1n) is 8.12. The second-order valence-corrected chi connectivity index (χ2v) is 6.85. The highest BCUT2D eigenvalue weighted by atomic mass is 15.3. The van der Waals surface area contributed by atoms with Gasteiger partial charge in [0.25, 0.3) is 0 Å². The molecule has 0 aromatic carbocycles. The standard InChI is InChI=1S/C16H32N2/c1-5-6-7-13(4)18-11-15(14-8-9-14)17-10-16(18)12(2)3/h12-17H,5-11H2,1-4H3. The van der Waals surface area contributed by atoms with E-state index in [1.54, 1.807) is 0 Å². The monoisotopic (exact) mass is 252 g/mol. The highest BCUT2D eigenvalue weighted by Gasteiger charge is 2.39. The maximum Gasteiger partial charge on any atom is 0.0247 e. The van der Waals surface area contributed by atoms with Gasteiger partial charge in [-0.25, -0.2) is 0 Å². The first kappa shape index (κ1) is 14.3. The molecule has 3 unspecified atom stereocenters. The van der Waals surface area contributed by atoms with Gasteiger partial charge in [0.2, 0.25) is 0 Å². The molecule has 0 aromatic heterocycles. The topological polar surface area (TPSA) is 15.3 Å². The van der Waals surface area contributed by atoms with Crippen LogP contribution in [-0.4, -0.2) is 36.1 Å². The van der Waals surface area contributed by atoms with E-state index in [4.69, 9.17) is 0 Å². The van der Waals surface area contributed by atoms with E-state index in [0.717, 1.165) is 30.0 Å². The smallest absolute Gasteiger partial charge is 0.0247 e. The highest BCUT2D eigenvalue weighted by Crippen LogP contribution is 2.35. The summed E-state index contributed by atoms with van der Waals surface area (Å²) in [4.78, 5) is 2.82. The van der Waals surface area contributed by atoms with Crippen molar-refractivity contribution in [3.8, 4) is 0 Å². The van der Waals surface area contributed by atoms with E-state index in [0.29, 0.717) is 0 Å². The van der Waals surface area contributed by atoms with E-state index in [9.17, 15) is 0 Å². The molecular weight excluding hydrogens is 220 g/mol. The molecule has 1 aliphatic carbocycles. The van der Waals surface area contributed by atoms with E-state index in [1.807, 2.05) is 0 Å². The summed E-state index contributed by atoms with van der Waals surface area (Å²) >= 11 is 0. The molecule has 0 radical (unpaired) electrons. The Morgan fingerprint density at radius 2 is 1.94 bits per heavy atom. The summed E-state index contributed by atoms with van der Waals surface area (Å²) in [6.45, 7) is 12.0. The van der Waals surface area contributed by atoms with Crippen LogP contribution in [0.4, 0.5) is 0 Å². The zero-order chi connectivity index (χ0) is 13.1. The molecule has 2 aliphatic rings. The molecule has 0 amide bonds. The van der Waals surface area contributed by atoms with Gasteiger partial charge in [-0.3, -0.25) is 4.90 Å². The Labute approximate surface area is 114 Å². The molecule has 1 N–H and O–H groups in total. The van der Waals surface area contributed by atoms with Gasteiger partial charge in [0.1, 0.15) is 0 Å². The lowest BCUT2D eigenvalue weighted by atomic mass is 9.94. The molecule has 3 atom stereocenters. The van der Waals surface area contributed by atoms with Gasteiger partial charge in [0, 0.05) is 31.2 Å². The maximum atomic E-state index is 3.81. The number of nitrogens with zero attached hydrogens (tertiary/aromatic N) is 1. The summed E-state index contributed by atoms with van der Waals surface area (Å²) in [6.07, 6.45) is 7.00. The average Bonchev–Trinajstić information content (AvgIpc) is 3.19. The van der Waals surface area contributed by atoms with E-state index in [2.05, 4.69) is 37.9 Å². The van der Waals surface area contributed by atoms with Crippen LogP contribution in [0.25, 0.3) is 0 Å². The minimum absolute atomic E-state index is 0.742. The molecule has 18 heavy (non-hydrogen) atoms. The van der Waals surface area contributed by atoms with Crippen LogP contribution < -0.4 is 5.32 Å². The van der Waals surface area contributed by atoms with Gasteiger partial charge in [-0.2, -0.15) is 0 Å². The number of unbranched alkanes of at least 4 members (excludes halogenated alkanes) is 1. The van der Waals surface area contributed by atoms with E-state index >= 15 is 0 Å². The molecule has 0 spiro atoms. The highest BCUT2D eigenvalue weighted by molar-refractivity contribution is 4.96. The summed E-state index contributed by atoms with van der Waals surface area (Å²) in [5, 5.41) is 3.81. The maximum absolute atomic E-state index is 3.81. The van der Waals surface area contributed by atoms with Crippen molar-refractivity contribution < 1.29 is 0 Å². The van der Waals surface area contributed by atoms with Crippen molar-refractivity contribution in [2.75, 3.05) is 13.1 Å². The largest absolute Gasteiger partial charge is 0.311 e. The summed E-state index contributed by atoms with van der Waals surface area (Å²) < 4.78 is 0. The SMILES string of the molecule is CCCCC(C)N1CC(C2CC2)NCC1C(C)C. The Balaban J connectivity index is 1.94. The fourth-order valence-electron chi connectivity index (χ4n) is 3.42. The number of rotatable bonds is 6. The minimum Gasteiger partial charge on any atom is -0.311 e. The Kier molecular flexibility index (Phi) is 5.08. The Bertz CT molecular complexity index is 247. The van der Waals surface area contributed by atoms with Crippen molar-refractivity contribution >= 4 is 0 Å². The number of hydrogen-bond acceptors (Lipinski definition) is 2. The number of piperazine rings is 1. The first-order valence-corrected chi connectivity index (χ1v) is 8.12. The Morgan fingerprint density at radius 3 is 2.50 bits per heavy atom. The minimum atomic E-state index is 0.742. The molecule has 1 saturated heterocycles. The predicted molar refractivity (Wildman–Crippen MR) is 78.8 cm³/mol. The van der Waals surface area contributed by atoms with E-state index < -0.39 is 0 Å².